The number of amides is 1. The van der Waals surface area contributed by atoms with Gasteiger partial charge in [0, 0.05) is 51.0 Å². The Bertz CT molecular complexity index is 1270. The van der Waals surface area contributed by atoms with E-state index < -0.39 is 0 Å². The second-order valence-electron chi connectivity index (χ2n) is 9.93. The normalized spacial score (nSPS) is 15.2. The number of hydrogen-bond acceptors (Lipinski definition) is 5. The van der Waals surface area contributed by atoms with Crippen LogP contribution >= 0.6 is 0 Å². The van der Waals surface area contributed by atoms with E-state index in [0.29, 0.717) is 17.9 Å². The van der Waals surface area contributed by atoms with Crippen molar-refractivity contribution in [3.8, 4) is 11.5 Å². The zero-order valence-electron chi connectivity index (χ0n) is 21.9. The van der Waals surface area contributed by atoms with E-state index in [2.05, 4.69) is 22.4 Å². The van der Waals surface area contributed by atoms with Crippen LogP contribution < -0.4 is 10.1 Å². The molecule has 5 rings (SSSR count). The Morgan fingerprint density at radius 2 is 1.89 bits per heavy atom. The average Bonchev–Trinajstić information content (AvgIpc) is 3.42. The van der Waals surface area contributed by atoms with Crippen LogP contribution in [0, 0.1) is 0 Å². The van der Waals surface area contributed by atoms with Crippen LogP contribution in [0.3, 0.4) is 0 Å². The molecule has 192 valence electrons. The number of aromatic nitrogens is 1. The van der Waals surface area contributed by atoms with E-state index in [1.165, 1.54) is 22.4 Å². The predicted molar refractivity (Wildman–Crippen MR) is 148 cm³/mol. The summed E-state index contributed by atoms with van der Waals surface area (Å²) in [6, 6.07) is 19.3. The molecule has 0 atom stereocenters. The van der Waals surface area contributed by atoms with Gasteiger partial charge in [0.05, 0.1) is 5.69 Å². The average molecular weight is 497 g/mol. The molecule has 1 aromatic heterocycles. The number of para-hydroxylation sites is 1. The highest BCUT2D eigenvalue weighted by molar-refractivity contribution is 5.94. The minimum absolute atomic E-state index is 0.0133. The number of carbonyl (C=O) groups excluding carboxylic acids is 1. The maximum absolute atomic E-state index is 13.4. The van der Waals surface area contributed by atoms with Gasteiger partial charge in [0.2, 0.25) is 0 Å². The van der Waals surface area contributed by atoms with Crippen LogP contribution in [0.5, 0.6) is 11.5 Å². The molecule has 0 spiro atoms. The molecule has 2 aromatic carbocycles. The van der Waals surface area contributed by atoms with Gasteiger partial charge in [0.1, 0.15) is 11.5 Å². The molecule has 3 aromatic rings. The summed E-state index contributed by atoms with van der Waals surface area (Å²) in [5, 5.41) is 3.23. The van der Waals surface area contributed by atoms with Gasteiger partial charge >= 0.3 is 0 Å². The monoisotopic (exact) mass is 496 g/mol. The highest BCUT2D eigenvalue weighted by Gasteiger charge is 2.23. The third-order valence-corrected chi connectivity index (χ3v) is 7.26. The molecule has 1 amide bonds. The lowest BCUT2D eigenvalue weighted by atomic mass is 9.99. The third kappa shape index (κ3) is 6.09. The quantitative estimate of drug-likeness (QED) is 0.455. The first-order valence-corrected chi connectivity index (χ1v) is 13.3. The van der Waals surface area contributed by atoms with E-state index in [1.54, 1.807) is 0 Å². The zero-order valence-corrected chi connectivity index (χ0v) is 21.9. The molecule has 1 aliphatic heterocycles. The number of ether oxygens (including phenoxy) is 1. The Kier molecular flexibility index (Phi) is 7.97. The van der Waals surface area contributed by atoms with Crippen molar-refractivity contribution in [3.63, 3.8) is 0 Å². The second kappa shape index (κ2) is 11.7. The van der Waals surface area contributed by atoms with Gasteiger partial charge in [-0.15, -0.1) is 0 Å². The molecule has 0 saturated carbocycles. The predicted octanol–water partition coefficient (Wildman–Crippen LogP) is 4.94. The Morgan fingerprint density at radius 3 is 2.68 bits per heavy atom. The number of pyridine rings is 1. The molecule has 0 unspecified atom stereocenters. The summed E-state index contributed by atoms with van der Waals surface area (Å²) in [5.74, 6) is 1.40. The van der Waals surface area contributed by atoms with Gasteiger partial charge in [-0.1, -0.05) is 30.3 Å². The lowest BCUT2D eigenvalue weighted by molar-refractivity contribution is 0.0784. The fourth-order valence-electron chi connectivity index (χ4n) is 5.21. The van der Waals surface area contributed by atoms with E-state index in [9.17, 15) is 4.79 Å². The van der Waals surface area contributed by atoms with Gasteiger partial charge < -0.3 is 15.0 Å². The minimum atomic E-state index is -0.0133. The van der Waals surface area contributed by atoms with Gasteiger partial charge in [-0.3, -0.25) is 14.7 Å². The van der Waals surface area contributed by atoms with E-state index in [0.717, 1.165) is 63.3 Å². The number of fused-ring (bicyclic) bond motifs is 1. The Hall–Kier alpha value is -3.48. The van der Waals surface area contributed by atoms with Gasteiger partial charge in [-0.25, -0.2) is 0 Å². The van der Waals surface area contributed by atoms with Gasteiger partial charge in [0.15, 0.2) is 0 Å². The standard InChI is InChI=1S/C31H36N4O2/c1-32-16-19-35-17-14-23(15-18-35)30-21-25(28-12-7-13-29(28)33-30)22-34(2)31(36)24-8-6-11-27(20-24)37-26-9-4-3-5-10-26/h3-6,8-11,14,20-21,32H,7,12-13,15-19,22H2,1-2H3. The summed E-state index contributed by atoms with van der Waals surface area (Å²) < 4.78 is 5.95. The molecule has 0 radical (unpaired) electrons. The molecule has 0 bridgehead atoms. The topological polar surface area (TPSA) is 57.7 Å². The largest absolute Gasteiger partial charge is 0.457 e. The Labute approximate surface area is 220 Å². The van der Waals surface area contributed by atoms with Crippen molar-refractivity contribution in [3.05, 3.63) is 94.8 Å². The van der Waals surface area contributed by atoms with Crippen LogP contribution in [-0.2, 0) is 19.4 Å². The Balaban J connectivity index is 1.31. The molecular formula is C31H36N4O2. The number of hydrogen-bond donors (Lipinski definition) is 1. The number of nitrogens with one attached hydrogen (secondary N) is 1. The van der Waals surface area contributed by atoms with Gasteiger partial charge in [0.25, 0.3) is 5.91 Å². The number of rotatable bonds is 9. The number of aryl methyl sites for hydroxylation is 1. The highest BCUT2D eigenvalue weighted by Crippen LogP contribution is 2.30. The summed E-state index contributed by atoms with van der Waals surface area (Å²) >= 11 is 0. The highest BCUT2D eigenvalue weighted by atomic mass is 16.5. The number of nitrogens with zero attached hydrogens (tertiary/aromatic N) is 3. The molecule has 6 nitrogen and oxygen atoms in total. The first-order valence-electron chi connectivity index (χ1n) is 13.3. The van der Waals surface area contributed by atoms with E-state index >= 15 is 0 Å². The Morgan fingerprint density at radius 1 is 1.05 bits per heavy atom. The smallest absolute Gasteiger partial charge is 0.254 e. The van der Waals surface area contributed by atoms with Crippen LogP contribution in [0.1, 0.15) is 45.7 Å². The molecule has 1 N–H and O–H groups in total. The SMILES string of the molecule is CNCCN1CC=C(c2cc(CN(C)C(=O)c3cccc(Oc4ccccc4)c3)c3c(n2)CCC3)CC1. The lowest BCUT2D eigenvalue weighted by Gasteiger charge is -2.26. The van der Waals surface area contributed by atoms with Crippen LogP contribution in [0.25, 0.3) is 5.57 Å². The maximum atomic E-state index is 13.4. The summed E-state index contributed by atoms with van der Waals surface area (Å²) in [4.78, 5) is 22.7. The van der Waals surface area contributed by atoms with Crippen molar-refractivity contribution in [1.29, 1.82) is 0 Å². The summed E-state index contributed by atoms with van der Waals surface area (Å²) in [7, 11) is 3.88. The fourth-order valence-corrected chi connectivity index (χ4v) is 5.21. The first-order chi connectivity index (χ1) is 18.1. The number of carbonyl (C=O) groups is 1. The van der Waals surface area contributed by atoms with Crippen LogP contribution in [0.4, 0.5) is 0 Å². The first kappa shape index (κ1) is 25.2. The minimum Gasteiger partial charge on any atom is -0.457 e. The van der Waals surface area contributed by atoms with Crippen LogP contribution in [0.15, 0.2) is 66.7 Å². The van der Waals surface area contributed by atoms with Crippen LogP contribution in [0.2, 0.25) is 0 Å². The van der Waals surface area contributed by atoms with Gasteiger partial charge in [-0.2, -0.15) is 0 Å². The molecule has 1 aliphatic carbocycles. The summed E-state index contributed by atoms with van der Waals surface area (Å²) in [6.45, 7) is 4.66. The molecule has 2 heterocycles. The molecule has 2 aliphatic rings. The van der Waals surface area contributed by atoms with Crippen LogP contribution in [-0.4, -0.2) is 61.0 Å². The summed E-state index contributed by atoms with van der Waals surface area (Å²) in [5.41, 5.74) is 6.81. The molecular weight excluding hydrogens is 460 g/mol. The van der Waals surface area contributed by atoms with Crippen molar-refractivity contribution >= 4 is 11.5 Å². The van der Waals surface area contributed by atoms with E-state index in [4.69, 9.17) is 9.72 Å². The zero-order chi connectivity index (χ0) is 25.6. The maximum Gasteiger partial charge on any atom is 0.254 e. The van der Waals surface area contributed by atoms with E-state index in [-0.39, 0.29) is 5.91 Å². The van der Waals surface area contributed by atoms with Crippen molar-refractivity contribution in [2.24, 2.45) is 0 Å². The molecule has 37 heavy (non-hydrogen) atoms. The molecule has 6 heteroatoms. The number of likely N-dealkylation sites (N-methyl/N-ethyl adjacent to an activating group) is 1. The third-order valence-electron chi connectivity index (χ3n) is 7.26. The van der Waals surface area contributed by atoms with Crippen molar-refractivity contribution in [2.75, 3.05) is 40.3 Å². The van der Waals surface area contributed by atoms with Crippen molar-refractivity contribution in [1.82, 2.24) is 20.1 Å². The van der Waals surface area contributed by atoms with Gasteiger partial charge in [-0.05, 0) is 85.8 Å². The van der Waals surface area contributed by atoms with E-state index in [1.807, 2.05) is 73.6 Å². The fraction of sp³-hybridized carbons (Fsp3) is 0.355. The van der Waals surface area contributed by atoms with Crippen molar-refractivity contribution in [2.45, 2.75) is 32.2 Å². The lowest BCUT2D eigenvalue weighted by Crippen LogP contribution is -2.34. The molecule has 0 fully saturated rings. The second-order valence-corrected chi connectivity index (χ2v) is 9.93. The van der Waals surface area contributed by atoms with Crippen molar-refractivity contribution < 1.29 is 9.53 Å². The summed E-state index contributed by atoms with van der Waals surface area (Å²) in [6.07, 6.45) is 6.54. The molecule has 0 saturated heterocycles. The number of benzene rings is 2.